The van der Waals surface area contributed by atoms with E-state index in [-0.39, 0.29) is 5.41 Å². The van der Waals surface area contributed by atoms with Gasteiger partial charge in [0.2, 0.25) is 0 Å². The Balaban J connectivity index is 1.22. The summed E-state index contributed by atoms with van der Waals surface area (Å²) >= 11 is 0. The summed E-state index contributed by atoms with van der Waals surface area (Å²) in [5.41, 5.74) is 8.05. The van der Waals surface area contributed by atoms with E-state index in [1.54, 1.807) is 0 Å². The van der Waals surface area contributed by atoms with Crippen LogP contribution in [-0.4, -0.2) is 0 Å². The predicted octanol–water partition coefficient (Wildman–Crippen LogP) is 12.1. The molecule has 0 N–H and O–H groups in total. The number of allylic oxidation sites excluding steroid dienone is 14. The van der Waals surface area contributed by atoms with E-state index in [1.807, 2.05) is 0 Å². The van der Waals surface area contributed by atoms with E-state index in [4.69, 9.17) is 0 Å². The van der Waals surface area contributed by atoms with Crippen molar-refractivity contribution in [3.63, 3.8) is 0 Å². The number of para-hydroxylation sites is 1. The number of nitrogens with zero attached hydrogens (tertiary/aromatic N) is 1. The first-order valence-corrected chi connectivity index (χ1v) is 18.0. The molecule has 0 radical (unpaired) electrons. The molecule has 0 spiro atoms. The van der Waals surface area contributed by atoms with Crippen molar-refractivity contribution in [2.45, 2.75) is 43.4 Å². The molecule has 0 saturated heterocycles. The number of hydrogen-bond donors (Lipinski definition) is 0. The van der Waals surface area contributed by atoms with Crippen LogP contribution in [0.4, 0.5) is 11.4 Å². The van der Waals surface area contributed by atoms with Crippen molar-refractivity contribution in [2.75, 3.05) is 4.90 Å². The molecule has 0 fully saturated rings. The van der Waals surface area contributed by atoms with Gasteiger partial charge in [-0.3, -0.25) is 0 Å². The van der Waals surface area contributed by atoms with E-state index in [0.29, 0.717) is 29.6 Å². The first-order chi connectivity index (χ1) is 23.8. The van der Waals surface area contributed by atoms with E-state index in [9.17, 15) is 0 Å². The van der Waals surface area contributed by atoms with Gasteiger partial charge in [0.15, 0.2) is 0 Å². The van der Waals surface area contributed by atoms with E-state index >= 15 is 0 Å². The van der Waals surface area contributed by atoms with Gasteiger partial charge < -0.3 is 4.90 Å². The molecule has 9 rings (SSSR count). The molecule has 1 heteroatoms. The monoisotopic (exact) mass is 621 g/mol. The lowest BCUT2D eigenvalue weighted by Crippen LogP contribution is -2.47. The van der Waals surface area contributed by atoms with Gasteiger partial charge in [-0.2, -0.15) is 0 Å². The maximum absolute atomic E-state index is 2.56. The summed E-state index contributed by atoms with van der Waals surface area (Å²) in [5.74, 6) is 2.32. The third kappa shape index (κ3) is 4.74. The van der Waals surface area contributed by atoms with Gasteiger partial charge in [-0.05, 0) is 102 Å². The lowest BCUT2D eigenvalue weighted by atomic mass is 9.50. The molecule has 1 nitrogen and oxygen atoms in total. The number of fused-ring (bicyclic) bond motifs is 2. The van der Waals surface area contributed by atoms with Crippen LogP contribution in [-0.2, 0) is 5.41 Å². The smallest absolute Gasteiger partial charge is 0.0461 e. The lowest BCUT2D eigenvalue weighted by molar-refractivity contribution is 0.266. The van der Waals surface area contributed by atoms with Crippen molar-refractivity contribution in [2.24, 2.45) is 23.7 Å². The van der Waals surface area contributed by atoms with Crippen LogP contribution in [0.2, 0.25) is 0 Å². The maximum atomic E-state index is 2.56. The van der Waals surface area contributed by atoms with Crippen LogP contribution in [0.5, 0.6) is 0 Å². The SMILES string of the molecule is C1=CCC(C2CC=C(N(c3ccccc3)c3cccc(C4(C5C=CC=CC5)c5cccc6cccc(c56)C5C=CC=CC54)c3)CC2)C=C1. The molecule has 0 saturated carbocycles. The largest absolute Gasteiger partial charge is 0.315 e. The van der Waals surface area contributed by atoms with E-state index < -0.39 is 0 Å². The van der Waals surface area contributed by atoms with Crippen molar-refractivity contribution < 1.29 is 0 Å². The first-order valence-electron chi connectivity index (χ1n) is 18.0. The average Bonchev–Trinajstić information content (AvgIpc) is 3.17. The second-order valence-electron chi connectivity index (χ2n) is 14.3. The normalized spacial score (nSPS) is 28.3. The van der Waals surface area contributed by atoms with Gasteiger partial charge in [0.1, 0.15) is 0 Å². The molecular formula is C47H43N. The molecule has 0 aromatic heterocycles. The van der Waals surface area contributed by atoms with Crippen molar-refractivity contribution in [3.8, 4) is 0 Å². The molecule has 4 aromatic rings. The summed E-state index contributed by atoms with van der Waals surface area (Å²) < 4.78 is 0. The first kappa shape index (κ1) is 29.3. The summed E-state index contributed by atoms with van der Waals surface area (Å²) in [5, 5.41) is 2.79. The van der Waals surface area contributed by atoms with E-state index in [2.05, 4.69) is 175 Å². The highest BCUT2D eigenvalue weighted by Gasteiger charge is 2.52. The van der Waals surface area contributed by atoms with E-state index in [1.165, 1.54) is 57.4 Å². The molecule has 4 aromatic carbocycles. The van der Waals surface area contributed by atoms with Gasteiger partial charge >= 0.3 is 0 Å². The van der Waals surface area contributed by atoms with Crippen LogP contribution in [0, 0.1) is 23.7 Å². The van der Waals surface area contributed by atoms with Crippen LogP contribution in [0.3, 0.4) is 0 Å². The minimum Gasteiger partial charge on any atom is -0.315 e. The van der Waals surface area contributed by atoms with Gasteiger partial charge in [0.05, 0.1) is 0 Å². The average molecular weight is 622 g/mol. The maximum Gasteiger partial charge on any atom is 0.0461 e. The zero-order valence-corrected chi connectivity index (χ0v) is 27.5. The fourth-order valence-electron chi connectivity index (χ4n) is 9.78. The molecule has 48 heavy (non-hydrogen) atoms. The molecule has 6 unspecified atom stereocenters. The molecule has 236 valence electrons. The molecule has 5 aliphatic rings. The Morgan fingerprint density at radius 1 is 0.625 bits per heavy atom. The van der Waals surface area contributed by atoms with Crippen molar-refractivity contribution >= 4 is 22.1 Å². The fraction of sp³-hybridized carbons (Fsp3) is 0.234. The number of anilines is 2. The fourth-order valence-corrected chi connectivity index (χ4v) is 9.78. The topological polar surface area (TPSA) is 3.24 Å². The van der Waals surface area contributed by atoms with Gasteiger partial charge in [0.25, 0.3) is 0 Å². The standard InChI is InChI=1S/C47H43N/c1-4-15-34(16-5-1)35-29-31-40(32-30-35)48(39-22-8-3-9-23-39)41-24-14-21-38(33-41)47(37-19-6-2-7-20-37)44-27-11-10-25-42(44)43-26-12-17-36-18-13-28-45(47)46(36)43/h1-15,17-19,21-28,31,33-35,37,42,44H,16,20,29-30,32H2. The second-order valence-corrected chi connectivity index (χ2v) is 14.3. The summed E-state index contributed by atoms with van der Waals surface area (Å²) in [6, 6.07) is 34.7. The molecule has 0 aliphatic heterocycles. The Morgan fingerprint density at radius 3 is 2.19 bits per heavy atom. The third-order valence-corrected chi connectivity index (χ3v) is 11.9. The summed E-state index contributed by atoms with van der Waals surface area (Å²) in [4.78, 5) is 2.56. The van der Waals surface area contributed by atoms with Crippen molar-refractivity contribution in [1.82, 2.24) is 0 Å². The predicted molar refractivity (Wildman–Crippen MR) is 202 cm³/mol. The zero-order valence-electron chi connectivity index (χ0n) is 27.5. The Kier molecular flexibility index (Phi) is 7.50. The summed E-state index contributed by atoms with van der Waals surface area (Å²) in [7, 11) is 0. The van der Waals surface area contributed by atoms with Crippen LogP contribution in [0.15, 0.2) is 176 Å². The molecular weight excluding hydrogens is 579 g/mol. The minimum absolute atomic E-state index is 0.230. The van der Waals surface area contributed by atoms with Gasteiger partial charge in [0, 0.05) is 34.3 Å². The molecule has 5 aliphatic carbocycles. The highest BCUT2D eigenvalue weighted by Crippen LogP contribution is 2.60. The molecule has 0 heterocycles. The van der Waals surface area contributed by atoms with Crippen LogP contribution < -0.4 is 4.90 Å². The number of rotatable bonds is 6. The third-order valence-electron chi connectivity index (χ3n) is 11.9. The van der Waals surface area contributed by atoms with Crippen LogP contribution in [0.1, 0.15) is 54.7 Å². The Bertz CT molecular complexity index is 2050. The lowest BCUT2D eigenvalue weighted by Gasteiger charge is -2.52. The summed E-state index contributed by atoms with van der Waals surface area (Å²) in [6.45, 7) is 0. The van der Waals surface area contributed by atoms with Gasteiger partial charge in [-0.25, -0.2) is 0 Å². The van der Waals surface area contributed by atoms with Crippen molar-refractivity contribution in [1.29, 1.82) is 0 Å². The van der Waals surface area contributed by atoms with Gasteiger partial charge in [-0.1, -0.05) is 146 Å². The minimum atomic E-state index is -0.230. The second kappa shape index (κ2) is 12.3. The Morgan fingerprint density at radius 2 is 1.40 bits per heavy atom. The van der Waals surface area contributed by atoms with Crippen molar-refractivity contribution in [3.05, 3.63) is 192 Å². The zero-order chi connectivity index (χ0) is 31.9. The number of hydrogen-bond acceptors (Lipinski definition) is 1. The molecule has 0 amide bonds. The van der Waals surface area contributed by atoms with Crippen LogP contribution >= 0.6 is 0 Å². The van der Waals surface area contributed by atoms with Crippen LogP contribution in [0.25, 0.3) is 10.8 Å². The highest BCUT2D eigenvalue weighted by molar-refractivity contribution is 5.93. The number of benzene rings is 4. The highest BCUT2D eigenvalue weighted by atomic mass is 15.1. The Labute approximate surface area is 285 Å². The van der Waals surface area contributed by atoms with Gasteiger partial charge in [-0.15, -0.1) is 0 Å². The molecule has 6 atom stereocenters. The quantitative estimate of drug-likeness (QED) is 0.207. The summed E-state index contributed by atoms with van der Waals surface area (Å²) in [6.07, 6.45) is 36.3. The molecule has 0 bridgehead atoms. The van der Waals surface area contributed by atoms with E-state index in [0.717, 1.165) is 19.3 Å². The Hall–Kier alpha value is -4.88.